The Kier molecular flexibility index (Phi) is 9.86. The standard InChI is InChI=1S/C27H39N3O3S/c1-7-26(3,4)20-11-16-24(23(19-20)27(5,6)8-2)33-18-10-9-17-28-25(34)29-21-12-14-22(15-13-21)30(31)32/h11-16,19H,7-10,17-18H2,1-6H3,(H2,28,29,34). The van der Waals surface area contributed by atoms with Gasteiger partial charge in [-0.2, -0.15) is 0 Å². The van der Waals surface area contributed by atoms with Crippen molar-refractivity contribution < 1.29 is 9.66 Å². The number of unbranched alkanes of at least 4 members (excludes halogenated alkanes) is 1. The SMILES string of the molecule is CCC(C)(C)c1ccc(OCCCCNC(=S)Nc2ccc([N+](=O)[O-])cc2)c(C(C)(C)CC)c1. The maximum atomic E-state index is 10.7. The van der Waals surface area contributed by atoms with Crippen molar-refractivity contribution in [1.29, 1.82) is 0 Å². The van der Waals surface area contributed by atoms with Crippen molar-refractivity contribution >= 4 is 28.7 Å². The van der Waals surface area contributed by atoms with Gasteiger partial charge in [0.2, 0.25) is 0 Å². The Hall–Kier alpha value is -2.67. The summed E-state index contributed by atoms with van der Waals surface area (Å²) in [6.45, 7) is 15.0. The van der Waals surface area contributed by atoms with Gasteiger partial charge in [-0.3, -0.25) is 10.1 Å². The highest BCUT2D eigenvalue weighted by Gasteiger charge is 2.26. The summed E-state index contributed by atoms with van der Waals surface area (Å²) in [7, 11) is 0. The Morgan fingerprint density at radius 2 is 1.65 bits per heavy atom. The van der Waals surface area contributed by atoms with Crippen molar-refractivity contribution in [2.45, 2.75) is 78.1 Å². The average molecular weight is 486 g/mol. The Morgan fingerprint density at radius 3 is 2.24 bits per heavy atom. The van der Waals surface area contributed by atoms with E-state index >= 15 is 0 Å². The fourth-order valence-electron chi connectivity index (χ4n) is 3.45. The van der Waals surface area contributed by atoms with Gasteiger partial charge < -0.3 is 15.4 Å². The molecule has 6 nitrogen and oxygen atoms in total. The predicted octanol–water partition coefficient (Wildman–Crippen LogP) is 7.12. The maximum Gasteiger partial charge on any atom is 0.269 e. The Balaban J connectivity index is 1.84. The molecule has 2 aromatic carbocycles. The third-order valence-electron chi connectivity index (χ3n) is 6.71. The van der Waals surface area contributed by atoms with Crippen LogP contribution in [0.25, 0.3) is 0 Å². The minimum atomic E-state index is -0.422. The number of benzene rings is 2. The molecule has 2 rings (SSSR count). The molecule has 0 amide bonds. The van der Waals surface area contributed by atoms with Crippen LogP contribution < -0.4 is 15.4 Å². The second-order valence-corrected chi connectivity index (χ2v) is 10.3. The van der Waals surface area contributed by atoms with Crippen LogP contribution in [0.5, 0.6) is 5.75 Å². The zero-order chi connectivity index (χ0) is 25.4. The first-order chi connectivity index (χ1) is 16.0. The normalized spacial score (nSPS) is 11.7. The lowest BCUT2D eigenvalue weighted by atomic mass is 9.76. The van der Waals surface area contributed by atoms with E-state index in [4.69, 9.17) is 17.0 Å². The second kappa shape index (κ2) is 12.2. The number of non-ortho nitro benzene ring substituents is 1. The van der Waals surface area contributed by atoms with Gasteiger partial charge in [0.1, 0.15) is 5.75 Å². The molecule has 0 aliphatic heterocycles. The molecule has 0 saturated heterocycles. The van der Waals surface area contributed by atoms with Crippen molar-refractivity contribution in [3.8, 4) is 5.75 Å². The van der Waals surface area contributed by atoms with E-state index in [0.717, 1.165) is 38.0 Å². The van der Waals surface area contributed by atoms with E-state index in [1.54, 1.807) is 12.1 Å². The summed E-state index contributed by atoms with van der Waals surface area (Å²) in [5.74, 6) is 0.978. The van der Waals surface area contributed by atoms with E-state index in [2.05, 4.69) is 70.4 Å². The lowest BCUT2D eigenvalue weighted by Crippen LogP contribution is -2.29. The van der Waals surface area contributed by atoms with Gasteiger partial charge >= 0.3 is 0 Å². The molecule has 0 radical (unpaired) electrons. The number of anilines is 1. The number of nitro benzene ring substituents is 1. The van der Waals surface area contributed by atoms with Crippen molar-refractivity contribution in [3.63, 3.8) is 0 Å². The predicted molar refractivity (Wildman–Crippen MR) is 145 cm³/mol. The van der Waals surface area contributed by atoms with Crippen LogP contribution in [0.2, 0.25) is 0 Å². The van der Waals surface area contributed by atoms with E-state index in [9.17, 15) is 10.1 Å². The Morgan fingerprint density at radius 1 is 1.00 bits per heavy atom. The van der Waals surface area contributed by atoms with Gasteiger partial charge in [0.25, 0.3) is 5.69 Å². The van der Waals surface area contributed by atoms with Crippen LogP contribution >= 0.6 is 12.2 Å². The molecule has 0 saturated carbocycles. The Labute approximate surface area is 209 Å². The van der Waals surface area contributed by atoms with Crippen molar-refractivity contribution in [1.82, 2.24) is 5.32 Å². The third kappa shape index (κ3) is 7.69. The lowest BCUT2D eigenvalue weighted by molar-refractivity contribution is -0.384. The van der Waals surface area contributed by atoms with Gasteiger partial charge in [-0.05, 0) is 72.5 Å². The molecule has 0 spiro atoms. The van der Waals surface area contributed by atoms with Gasteiger partial charge in [-0.15, -0.1) is 0 Å². The number of hydrogen-bond acceptors (Lipinski definition) is 4. The van der Waals surface area contributed by atoms with Crippen LogP contribution in [0.1, 0.15) is 78.4 Å². The molecular weight excluding hydrogens is 446 g/mol. The fourth-order valence-corrected chi connectivity index (χ4v) is 3.67. The summed E-state index contributed by atoms with van der Waals surface area (Å²) < 4.78 is 6.23. The number of ether oxygens (including phenoxy) is 1. The Bertz CT molecular complexity index is 972. The fraction of sp³-hybridized carbons (Fsp3) is 0.519. The molecule has 34 heavy (non-hydrogen) atoms. The smallest absolute Gasteiger partial charge is 0.269 e. The summed E-state index contributed by atoms with van der Waals surface area (Å²) in [6, 6.07) is 12.9. The second-order valence-electron chi connectivity index (χ2n) is 9.93. The molecule has 0 aliphatic carbocycles. The maximum absolute atomic E-state index is 10.7. The van der Waals surface area contributed by atoms with Gasteiger partial charge in [-0.1, -0.05) is 53.7 Å². The van der Waals surface area contributed by atoms with Crippen LogP contribution in [-0.2, 0) is 10.8 Å². The summed E-state index contributed by atoms with van der Waals surface area (Å²) in [6.07, 6.45) is 3.95. The summed E-state index contributed by atoms with van der Waals surface area (Å²) in [5.41, 5.74) is 3.60. The molecule has 0 fully saturated rings. The topological polar surface area (TPSA) is 76.4 Å². The minimum absolute atomic E-state index is 0.0481. The summed E-state index contributed by atoms with van der Waals surface area (Å²) in [4.78, 5) is 10.3. The number of hydrogen-bond donors (Lipinski definition) is 2. The summed E-state index contributed by atoms with van der Waals surface area (Å²) in [5, 5.41) is 17.5. The van der Waals surface area contributed by atoms with Gasteiger partial charge in [0.05, 0.1) is 11.5 Å². The van der Waals surface area contributed by atoms with Gasteiger partial charge in [-0.25, -0.2) is 0 Å². The highest BCUT2D eigenvalue weighted by molar-refractivity contribution is 7.80. The molecule has 0 atom stereocenters. The van der Waals surface area contributed by atoms with Crippen LogP contribution in [0.4, 0.5) is 11.4 Å². The molecule has 0 bridgehead atoms. The minimum Gasteiger partial charge on any atom is -0.493 e. The summed E-state index contributed by atoms with van der Waals surface area (Å²) >= 11 is 5.31. The molecule has 0 heterocycles. The van der Waals surface area contributed by atoms with E-state index in [-0.39, 0.29) is 16.5 Å². The molecular formula is C27H39N3O3S. The first-order valence-corrected chi connectivity index (χ1v) is 12.5. The molecule has 2 aromatic rings. The zero-order valence-electron chi connectivity index (χ0n) is 21.4. The average Bonchev–Trinajstić information content (AvgIpc) is 2.81. The van der Waals surface area contributed by atoms with Crippen LogP contribution in [-0.4, -0.2) is 23.2 Å². The third-order valence-corrected chi connectivity index (χ3v) is 6.95. The van der Waals surface area contributed by atoms with Crippen molar-refractivity contribution in [2.75, 3.05) is 18.5 Å². The van der Waals surface area contributed by atoms with E-state index in [0.29, 0.717) is 17.4 Å². The van der Waals surface area contributed by atoms with Gasteiger partial charge in [0.15, 0.2) is 5.11 Å². The molecule has 2 N–H and O–H groups in total. The van der Waals surface area contributed by atoms with E-state index in [1.807, 2.05) is 0 Å². The monoisotopic (exact) mass is 485 g/mol. The first kappa shape index (κ1) is 27.6. The van der Waals surface area contributed by atoms with Crippen molar-refractivity contribution in [3.05, 3.63) is 63.7 Å². The van der Waals surface area contributed by atoms with Gasteiger partial charge in [0, 0.05) is 29.9 Å². The van der Waals surface area contributed by atoms with Crippen LogP contribution in [0.3, 0.4) is 0 Å². The number of nitro groups is 1. The van der Waals surface area contributed by atoms with Crippen LogP contribution in [0, 0.1) is 10.1 Å². The highest BCUT2D eigenvalue weighted by Crippen LogP contribution is 2.38. The number of rotatable bonds is 12. The number of nitrogens with one attached hydrogen (secondary N) is 2. The number of nitrogens with zero attached hydrogens (tertiary/aromatic N) is 1. The zero-order valence-corrected chi connectivity index (χ0v) is 22.2. The molecule has 7 heteroatoms. The molecule has 0 aromatic heterocycles. The first-order valence-electron chi connectivity index (χ1n) is 12.1. The van der Waals surface area contributed by atoms with E-state index < -0.39 is 4.92 Å². The molecule has 186 valence electrons. The van der Waals surface area contributed by atoms with E-state index in [1.165, 1.54) is 23.3 Å². The van der Waals surface area contributed by atoms with Crippen LogP contribution in [0.15, 0.2) is 42.5 Å². The van der Waals surface area contributed by atoms with Crippen molar-refractivity contribution in [2.24, 2.45) is 0 Å². The number of thiocarbonyl (C=S) groups is 1. The largest absolute Gasteiger partial charge is 0.493 e. The highest BCUT2D eigenvalue weighted by atomic mass is 32.1. The lowest BCUT2D eigenvalue weighted by Gasteiger charge is -2.30. The molecule has 0 unspecified atom stereocenters. The quantitative estimate of drug-likeness (QED) is 0.144. The molecule has 0 aliphatic rings.